The number of hydrogen-bond donors (Lipinski definition) is 2. The summed E-state index contributed by atoms with van der Waals surface area (Å²) in [5.41, 5.74) is 7.44. The van der Waals surface area contributed by atoms with Crippen LogP contribution >= 0.6 is 15.9 Å². The number of carbonyl (C=O) groups is 1. The van der Waals surface area contributed by atoms with Gasteiger partial charge in [-0.3, -0.25) is 4.79 Å². The largest absolute Gasteiger partial charge is 0.493 e. The monoisotopic (exact) mass is 349 g/mol. The van der Waals surface area contributed by atoms with E-state index in [1.165, 1.54) is 0 Å². The zero-order valence-corrected chi connectivity index (χ0v) is 13.4. The fraction of sp³-hybridized carbons (Fsp3) is 0.200. The average molecular weight is 350 g/mol. The molecule has 0 aliphatic heterocycles. The molecule has 0 bridgehead atoms. The SMILES string of the molecule is CCOc1cccc(N)c1C(=O)Nc1ncc(Br)cc1C. The lowest BCUT2D eigenvalue weighted by Crippen LogP contribution is -2.17. The molecule has 0 atom stereocenters. The van der Waals surface area contributed by atoms with Crippen LogP contribution in [0.1, 0.15) is 22.8 Å². The average Bonchev–Trinajstić information content (AvgIpc) is 2.42. The molecule has 3 N–H and O–H groups in total. The highest BCUT2D eigenvalue weighted by atomic mass is 79.9. The molecule has 2 rings (SSSR count). The van der Waals surface area contributed by atoms with Crippen molar-refractivity contribution in [3.63, 3.8) is 0 Å². The van der Waals surface area contributed by atoms with E-state index in [-0.39, 0.29) is 5.91 Å². The van der Waals surface area contributed by atoms with Crippen molar-refractivity contribution in [3.8, 4) is 5.75 Å². The van der Waals surface area contributed by atoms with Crippen LogP contribution in [0.4, 0.5) is 11.5 Å². The summed E-state index contributed by atoms with van der Waals surface area (Å²) in [6.45, 7) is 4.18. The van der Waals surface area contributed by atoms with E-state index in [4.69, 9.17) is 10.5 Å². The van der Waals surface area contributed by atoms with Crippen LogP contribution in [0.2, 0.25) is 0 Å². The van der Waals surface area contributed by atoms with Gasteiger partial charge in [-0.25, -0.2) is 4.98 Å². The predicted octanol–water partition coefficient (Wildman–Crippen LogP) is 3.39. The van der Waals surface area contributed by atoms with Crippen LogP contribution in [-0.4, -0.2) is 17.5 Å². The highest BCUT2D eigenvalue weighted by molar-refractivity contribution is 9.10. The third-order valence-electron chi connectivity index (χ3n) is 2.86. The summed E-state index contributed by atoms with van der Waals surface area (Å²) in [7, 11) is 0. The van der Waals surface area contributed by atoms with Crippen molar-refractivity contribution in [3.05, 3.63) is 46.1 Å². The number of nitrogens with one attached hydrogen (secondary N) is 1. The number of amides is 1. The van der Waals surface area contributed by atoms with E-state index in [1.54, 1.807) is 24.4 Å². The molecule has 0 spiro atoms. The molecule has 0 aliphatic carbocycles. The normalized spacial score (nSPS) is 10.2. The van der Waals surface area contributed by atoms with Gasteiger partial charge in [0.2, 0.25) is 0 Å². The predicted molar refractivity (Wildman–Crippen MR) is 86.7 cm³/mol. The molecule has 6 heteroatoms. The standard InChI is InChI=1S/C15H16BrN3O2/c1-3-21-12-6-4-5-11(17)13(12)15(20)19-14-9(2)7-10(16)8-18-14/h4-8H,3,17H2,1-2H3,(H,18,19,20). The molecule has 21 heavy (non-hydrogen) atoms. The van der Waals surface area contributed by atoms with Gasteiger partial charge in [0.05, 0.1) is 6.61 Å². The molecular weight excluding hydrogens is 334 g/mol. The van der Waals surface area contributed by atoms with Crippen LogP contribution < -0.4 is 15.8 Å². The minimum atomic E-state index is -0.338. The Morgan fingerprint density at radius 3 is 2.90 bits per heavy atom. The Hall–Kier alpha value is -2.08. The van der Waals surface area contributed by atoms with Gasteiger partial charge in [-0.2, -0.15) is 0 Å². The number of rotatable bonds is 4. The van der Waals surface area contributed by atoms with Crippen LogP contribution in [0.15, 0.2) is 34.9 Å². The van der Waals surface area contributed by atoms with Crippen molar-refractivity contribution in [1.29, 1.82) is 0 Å². The van der Waals surface area contributed by atoms with E-state index in [9.17, 15) is 4.79 Å². The van der Waals surface area contributed by atoms with Gasteiger partial charge < -0.3 is 15.8 Å². The number of nitrogens with two attached hydrogens (primary N) is 1. The number of benzene rings is 1. The molecule has 0 fully saturated rings. The third kappa shape index (κ3) is 3.52. The Balaban J connectivity index is 2.32. The van der Waals surface area contributed by atoms with Gasteiger partial charge in [-0.1, -0.05) is 6.07 Å². The van der Waals surface area contributed by atoms with E-state index in [1.807, 2.05) is 19.9 Å². The molecule has 0 aliphatic rings. The van der Waals surface area contributed by atoms with E-state index in [0.29, 0.717) is 29.4 Å². The van der Waals surface area contributed by atoms with E-state index in [0.717, 1.165) is 10.0 Å². The topological polar surface area (TPSA) is 77.2 Å². The van der Waals surface area contributed by atoms with Crippen LogP contribution in [-0.2, 0) is 0 Å². The summed E-state index contributed by atoms with van der Waals surface area (Å²) in [5.74, 6) is 0.619. The first-order valence-corrected chi connectivity index (χ1v) is 7.27. The smallest absolute Gasteiger partial charge is 0.262 e. The highest BCUT2D eigenvalue weighted by Gasteiger charge is 2.17. The molecule has 0 unspecified atom stereocenters. The van der Waals surface area contributed by atoms with Crippen LogP contribution in [0.5, 0.6) is 5.75 Å². The van der Waals surface area contributed by atoms with Crippen molar-refractivity contribution in [2.45, 2.75) is 13.8 Å². The second-order valence-electron chi connectivity index (χ2n) is 4.43. The van der Waals surface area contributed by atoms with Crippen molar-refractivity contribution >= 4 is 33.3 Å². The number of aryl methyl sites for hydroxylation is 1. The number of nitrogen functional groups attached to an aromatic ring is 1. The Bertz CT molecular complexity index is 674. The summed E-state index contributed by atoms with van der Waals surface area (Å²) in [5, 5.41) is 2.76. The maximum Gasteiger partial charge on any atom is 0.262 e. The van der Waals surface area contributed by atoms with Gasteiger partial charge in [0.15, 0.2) is 0 Å². The van der Waals surface area contributed by atoms with Crippen molar-refractivity contribution in [2.75, 3.05) is 17.7 Å². The molecule has 110 valence electrons. The highest BCUT2D eigenvalue weighted by Crippen LogP contribution is 2.26. The van der Waals surface area contributed by atoms with Gasteiger partial charge in [0.25, 0.3) is 5.91 Å². The quantitative estimate of drug-likeness (QED) is 0.829. The second kappa shape index (κ2) is 6.58. The number of anilines is 2. The summed E-state index contributed by atoms with van der Waals surface area (Å²) < 4.78 is 6.31. The maximum atomic E-state index is 12.4. The first-order chi connectivity index (χ1) is 10.0. The molecule has 0 saturated carbocycles. The van der Waals surface area contributed by atoms with Crippen molar-refractivity contribution in [1.82, 2.24) is 4.98 Å². The van der Waals surface area contributed by atoms with Crippen LogP contribution in [0, 0.1) is 6.92 Å². The lowest BCUT2D eigenvalue weighted by Gasteiger charge is -2.13. The number of pyridine rings is 1. The molecule has 0 radical (unpaired) electrons. The number of nitrogens with zero attached hydrogens (tertiary/aromatic N) is 1. The lowest BCUT2D eigenvalue weighted by atomic mass is 10.1. The summed E-state index contributed by atoms with van der Waals surface area (Å²) in [6, 6.07) is 7.01. The number of carbonyl (C=O) groups excluding carboxylic acids is 1. The first kappa shape index (κ1) is 15.3. The van der Waals surface area contributed by atoms with Gasteiger partial charge in [0.1, 0.15) is 17.1 Å². The van der Waals surface area contributed by atoms with Crippen molar-refractivity contribution in [2.24, 2.45) is 0 Å². The first-order valence-electron chi connectivity index (χ1n) is 6.47. The fourth-order valence-corrected chi connectivity index (χ4v) is 2.35. The number of hydrogen-bond acceptors (Lipinski definition) is 4. The number of ether oxygens (including phenoxy) is 1. The lowest BCUT2D eigenvalue weighted by molar-refractivity contribution is 0.102. The molecule has 0 saturated heterocycles. The minimum absolute atomic E-state index is 0.323. The molecule has 1 aromatic heterocycles. The van der Waals surface area contributed by atoms with Gasteiger partial charge >= 0.3 is 0 Å². The Kier molecular flexibility index (Phi) is 4.80. The van der Waals surface area contributed by atoms with E-state index in [2.05, 4.69) is 26.2 Å². The van der Waals surface area contributed by atoms with Gasteiger partial charge in [-0.05, 0) is 53.5 Å². The Morgan fingerprint density at radius 2 is 2.24 bits per heavy atom. The summed E-state index contributed by atoms with van der Waals surface area (Å²) in [4.78, 5) is 16.6. The van der Waals surface area contributed by atoms with Gasteiger partial charge in [-0.15, -0.1) is 0 Å². The fourth-order valence-electron chi connectivity index (χ4n) is 1.91. The van der Waals surface area contributed by atoms with Gasteiger partial charge in [0, 0.05) is 16.4 Å². The second-order valence-corrected chi connectivity index (χ2v) is 5.34. The maximum absolute atomic E-state index is 12.4. The third-order valence-corrected chi connectivity index (χ3v) is 3.30. The summed E-state index contributed by atoms with van der Waals surface area (Å²) >= 11 is 3.34. The molecule has 2 aromatic rings. The molecule has 5 nitrogen and oxygen atoms in total. The Labute approximate surface area is 131 Å². The number of halogens is 1. The van der Waals surface area contributed by atoms with Crippen LogP contribution in [0.3, 0.4) is 0 Å². The zero-order valence-electron chi connectivity index (χ0n) is 11.8. The molecule has 1 aromatic carbocycles. The molecular formula is C15H16BrN3O2. The van der Waals surface area contributed by atoms with Crippen LogP contribution in [0.25, 0.3) is 0 Å². The minimum Gasteiger partial charge on any atom is -0.493 e. The zero-order chi connectivity index (χ0) is 15.4. The Morgan fingerprint density at radius 1 is 1.48 bits per heavy atom. The number of aromatic nitrogens is 1. The summed E-state index contributed by atoms with van der Waals surface area (Å²) in [6.07, 6.45) is 1.63. The van der Waals surface area contributed by atoms with Crippen molar-refractivity contribution < 1.29 is 9.53 Å². The molecule has 1 heterocycles. The molecule has 1 amide bonds. The van der Waals surface area contributed by atoms with E-state index >= 15 is 0 Å². The van der Waals surface area contributed by atoms with E-state index < -0.39 is 0 Å².